The van der Waals surface area contributed by atoms with Crippen LogP contribution < -0.4 is 10.6 Å². The number of fused-ring (bicyclic) bond motifs is 1. The Morgan fingerprint density at radius 1 is 0.871 bits per heavy atom. The molecule has 6 heteroatoms. The third kappa shape index (κ3) is 6.76. The SMILES string of the molecule is O=C(Nc1ccc2nc(NC(=O)C3CCCCC3)sc2c1)[C]1CCCCCCC1.[CH2].[CH2]. The number of amides is 2. The van der Waals surface area contributed by atoms with E-state index in [9.17, 15) is 9.59 Å². The van der Waals surface area contributed by atoms with E-state index in [2.05, 4.69) is 15.6 Å². The molecule has 167 valence electrons. The van der Waals surface area contributed by atoms with E-state index in [4.69, 9.17) is 0 Å². The summed E-state index contributed by atoms with van der Waals surface area (Å²) in [6.45, 7) is 0. The molecule has 0 aliphatic heterocycles. The smallest absolute Gasteiger partial charge is 0.231 e. The van der Waals surface area contributed by atoms with Gasteiger partial charge < -0.3 is 10.6 Å². The number of nitrogens with zero attached hydrogens (tertiary/aromatic N) is 1. The summed E-state index contributed by atoms with van der Waals surface area (Å²) < 4.78 is 0.976. The number of benzene rings is 1. The Morgan fingerprint density at radius 3 is 2.23 bits per heavy atom. The topological polar surface area (TPSA) is 71.1 Å². The number of thiazole rings is 1. The Hall–Kier alpha value is -1.95. The van der Waals surface area contributed by atoms with E-state index in [1.165, 1.54) is 37.0 Å². The van der Waals surface area contributed by atoms with E-state index in [0.29, 0.717) is 5.13 Å². The molecule has 2 saturated carbocycles. The van der Waals surface area contributed by atoms with Crippen molar-refractivity contribution in [3.63, 3.8) is 0 Å². The second kappa shape index (κ2) is 12.2. The van der Waals surface area contributed by atoms with Crippen LogP contribution in [0.4, 0.5) is 10.8 Å². The maximum absolute atomic E-state index is 12.7. The number of rotatable bonds is 4. The predicted molar refractivity (Wildman–Crippen MR) is 130 cm³/mol. The fourth-order valence-corrected chi connectivity index (χ4v) is 5.31. The molecule has 1 heterocycles. The van der Waals surface area contributed by atoms with Crippen LogP contribution >= 0.6 is 11.3 Å². The molecule has 0 atom stereocenters. The summed E-state index contributed by atoms with van der Waals surface area (Å²) in [5.41, 5.74) is 1.65. The molecule has 2 amide bonds. The van der Waals surface area contributed by atoms with Crippen LogP contribution in [0.5, 0.6) is 0 Å². The minimum absolute atomic E-state index is 0. The zero-order valence-electron chi connectivity index (χ0n) is 18.4. The number of carbonyl (C=O) groups excluding carboxylic acids is 2. The third-order valence-corrected chi connectivity index (χ3v) is 7.06. The van der Waals surface area contributed by atoms with E-state index in [0.717, 1.165) is 73.2 Å². The first-order chi connectivity index (χ1) is 14.2. The number of anilines is 2. The molecule has 2 N–H and O–H groups in total. The van der Waals surface area contributed by atoms with Crippen LogP contribution in [-0.2, 0) is 9.59 Å². The Kier molecular flexibility index (Phi) is 9.94. The Bertz CT molecular complexity index is 850. The van der Waals surface area contributed by atoms with Crippen molar-refractivity contribution in [2.45, 2.75) is 77.0 Å². The zero-order valence-corrected chi connectivity index (χ0v) is 19.2. The Labute approximate surface area is 191 Å². The van der Waals surface area contributed by atoms with Crippen LogP contribution in [0.15, 0.2) is 18.2 Å². The van der Waals surface area contributed by atoms with E-state index >= 15 is 0 Å². The molecule has 0 spiro atoms. The van der Waals surface area contributed by atoms with Gasteiger partial charge in [0.1, 0.15) is 0 Å². The number of hydrogen-bond acceptors (Lipinski definition) is 4. The molecular formula is C25H34N3O2S. The van der Waals surface area contributed by atoms with Gasteiger partial charge in [-0.1, -0.05) is 77.6 Å². The second-order valence-corrected chi connectivity index (χ2v) is 9.38. The quantitative estimate of drug-likeness (QED) is 0.554. The van der Waals surface area contributed by atoms with Crippen LogP contribution in [-0.4, -0.2) is 16.8 Å². The van der Waals surface area contributed by atoms with Gasteiger partial charge in [-0.15, -0.1) is 0 Å². The van der Waals surface area contributed by atoms with Gasteiger partial charge in [-0.05, 0) is 43.9 Å². The standard InChI is InChI=1S/C23H30N3O2S.2CH2/c27-21(16-9-5-2-1-3-6-10-16)24-18-13-14-19-20(15-18)29-23(25-19)26-22(28)17-11-7-4-8-12-17;;/h13-15,17H,1-12H2,(H,24,27)(H,25,26,28);2*1H2. The van der Waals surface area contributed by atoms with Crippen LogP contribution in [0.2, 0.25) is 0 Å². The average molecular weight is 441 g/mol. The van der Waals surface area contributed by atoms with Crippen LogP contribution in [0.1, 0.15) is 77.0 Å². The minimum atomic E-state index is 0. The average Bonchev–Trinajstić information content (AvgIpc) is 3.09. The Balaban J connectivity index is 0.00000171. The minimum Gasteiger partial charge on any atom is -0.326 e. The molecule has 0 bridgehead atoms. The van der Waals surface area contributed by atoms with Gasteiger partial charge in [0.2, 0.25) is 11.8 Å². The van der Waals surface area contributed by atoms with Crippen molar-refractivity contribution in [2.75, 3.05) is 10.6 Å². The third-order valence-electron chi connectivity index (χ3n) is 6.13. The summed E-state index contributed by atoms with van der Waals surface area (Å²) in [5.74, 6) is 1.29. The van der Waals surface area contributed by atoms with Crippen molar-refractivity contribution < 1.29 is 9.59 Å². The van der Waals surface area contributed by atoms with Gasteiger partial charge in [0.05, 0.1) is 16.1 Å². The number of nitrogens with one attached hydrogen (secondary N) is 2. The van der Waals surface area contributed by atoms with Crippen LogP contribution in [0.25, 0.3) is 10.2 Å². The van der Waals surface area contributed by atoms with Crippen molar-refractivity contribution in [1.82, 2.24) is 4.98 Å². The van der Waals surface area contributed by atoms with E-state index < -0.39 is 0 Å². The molecule has 2 aromatic rings. The largest absolute Gasteiger partial charge is 0.326 e. The van der Waals surface area contributed by atoms with Gasteiger partial charge in [0.25, 0.3) is 0 Å². The van der Waals surface area contributed by atoms with Crippen molar-refractivity contribution in [1.29, 1.82) is 0 Å². The molecule has 2 aliphatic rings. The first-order valence-corrected chi connectivity index (χ1v) is 11.9. The van der Waals surface area contributed by atoms with Gasteiger partial charge in [0.15, 0.2) is 5.13 Å². The van der Waals surface area contributed by atoms with Crippen molar-refractivity contribution in [3.8, 4) is 0 Å². The van der Waals surface area contributed by atoms with Crippen molar-refractivity contribution in [2.24, 2.45) is 5.92 Å². The molecule has 0 saturated heterocycles. The van der Waals surface area contributed by atoms with Gasteiger partial charge in [-0.25, -0.2) is 4.98 Å². The highest BCUT2D eigenvalue weighted by atomic mass is 32.1. The fraction of sp³-hybridized carbons (Fsp3) is 0.520. The van der Waals surface area contributed by atoms with Crippen molar-refractivity contribution >= 4 is 44.2 Å². The lowest BCUT2D eigenvalue weighted by Gasteiger charge is -2.19. The fourth-order valence-electron chi connectivity index (χ4n) is 4.41. The summed E-state index contributed by atoms with van der Waals surface area (Å²) in [5, 5.41) is 6.72. The second-order valence-electron chi connectivity index (χ2n) is 8.35. The maximum Gasteiger partial charge on any atom is 0.231 e. The molecule has 31 heavy (non-hydrogen) atoms. The molecule has 2 aliphatic carbocycles. The van der Waals surface area contributed by atoms with E-state index in [1.54, 1.807) is 0 Å². The maximum atomic E-state index is 12.7. The van der Waals surface area contributed by atoms with Gasteiger partial charge in [-0.3, -0.25) is 9.59 Å². The van der Waals surface area contributed by atoms with Crippen molar-refractivity contribution in [3.05, 3.63) is 39.0 Å². The van der Waals surface area contributed by atoms with E-state index in [-0.39, 0.29) is 32.6 Å². The lowest BCUT2D eigenvalue weighted by atomic mass is 9.89. The Morgan fingerprint density at radius 2 is 1.52 bits per heavy atom. The highest BCUT2D eigenvalue weighted by Gasteiger charge is 2.23. The lowest BCUT2D eigenvalue weighted by molar-refractivity contribution is -0.120. The van der Waals surface area contributed by atoms with Gasteiger partial charge in [-0.2, -0.15) is 0 Å². The van der Waals surface area contributed by atoms with E-state index in [1.807, 2.05) is 18.2 Å². The lowest BCUT2D eigenvalue weighted by Crippen LogP contribution is -2.24. The molecule has 1 aromatic heterocycles. The molecular weight excluding hydrogens is 406 g/mol. The zero-order chi connectivity index (χ0) is 20.1. The van der Waals surface area contributed by atoms with Gasteiger partial charge >= 0.3 is 0 Å². The molecule has 5 radical (unpaired) electrons. The number of hydrogen-bond donors (Lipinski definition) is 2. The number of aromatic nitrogens is 1. The molecule has 5 nitrogen and oxygen atoms in total. The summed E-state index contributed by atoms with van der Waals surface area (Å²) >= 11 is 1.47. The normalized spacial score (nSPS) is 18.2. The first-order valence-electron chi connectivity index (χ1n) is 11.1. The summed E-state index contributed by atoms with van der Waals surface area (Å²) in [6, 6.07) is 5.78. The highest BCUT2D eigenvalue weighted by molar-refractivity contribution is 7.22. The van der Waals surface area contributed by atoms with Crippen LogP contribution in [0, 0.1) is 26.7 Å². The molecule has 2 fully saturated rings. The predicted octanol–water partition coefficient (Wildman–Crippen LogP) is 6.73. The summed E-state index contributed by atoms with van der Waals surface area (Å²) in [7, 11) is 0. The highest BCUT2D eigenvalue weighted by Crippen LogP contribution is 2.31. The monoisotopic (exact) mass is 440 g/mol. The molecule has 1 aromatic carbocycles. The molecule has 4 rings (SSSR count). The number of carbonyl (C=O) groups is 2. The first kappa shape index (κ1) is 25.3. The van der Waals surface area contributed by atoms with Crippen LogP contribution in [0.3, 0.4) is 0 Å². The molecule has 0 unspecified atom stereocenters. The summed E-state index contributed by atoms with van der Waals surface area (Å²) in [6.07, 6.45) is 13.2. The summed E-state index contributed by atoms with van der Waals surface area (Å²) in [4.78, 5) is 29.7. The van der Waals surface area contributed by atoms with Gasteiger partial charge in [0, 0.05) is 11.6 Å².